The largest absolute Gasteiger partial charge is 0.414 e. The number of rotatable bonds is 15. The number of nitro groups is 2. The van der Waals surface area contributed by atoms with Crippen LogP contribution in [-0.2, 0) is 12.8 Å². The van der Waals surface area contributed by atoms with Gasteiger partial charge in [0.05, 0.1) is 21.9 Å². The van der Waals surface area contributed by atoms with Crippen molar-refractivity contribution < 1.29 is 33.7 Å². The zero-order valence-electron chi connectivity index (χ0n) is 49.6. The minimum atomic E-state index is -0.978. The number of likely N-dealkylation sites (N-methyl/N-ethyl adjacent to an activating group) is 3. The van der Waals surface area contributed by atoms with E-state index in [1.54, 1.807) is 34.0 Å². The summed E-state index contributed by atoms with van der Waals surface area (Å²) in [5, 5.41) is 42.4. The van der Waals surface area contributed by atoms with Crippen LogP contribution in [0.5, 0.6) is 11.5 Å². The Morgan fingerprint density at radius 2 is 1.06 bits per heavy atom. The van der Waals surface area contributed by atoms with Crippen LogP contribution in [0.1, 0.15) is 86.5 Å². The number of benzene rings is 4. The highest BCUT2D eigenvalue weighted by Crippen LogP contribution is 2.28. The van der Waals surface area contributed by atoms with Crippen molar-refractivity contribution in [3.63, 3.8) is 0 Å². The monoisotopic (exact) mass is 1230 g/mol. The number of amides is 3. The number of para-hydroxylation sites is 2. The third kappa shape index (κ3) is 24.5. The summed E-state index contributed by atoms with van der Waals surface area (Å²) in [6.45, 7) is 11.6. The van der Waals surface area contributed by atoms with E-state index in [1.165, 1.54) is 89.3 Å². The molecule has 7 aromatic rings. The predicted octanol–water partition coefficient (Wildman–Crippen LogP) is 14.3. The zero-order chi connectivity index (χ0) is 62.0. The lowest BCUT2D eigenvalue weighted by atomic mass is 10.0. The maximum Gasteiger partial charge on any atom is 0.412 e. The first kappa shape index (κ1) is 71.0. The molecule has 0 fully saturated rings. The number of hydrogen-bond donors (Lipinski definition) is 4. The first-order valence-corrected chi connectivity index (χ1v) is 30.7. The Balaban J connectivity index is 0.000000282. The molecule has 2 aliphatic rings. The van der Waals surface area contributed by atoms with Crippen LogP contribution in [0.25, 0.3) is 0 Å². The lowest BCUT2D eigenvalue weighted by Gasteiger charge is -2.31. The molecule has 0 aliphatic carbocycles. The Kier molecular flexibility index (Phi) is 33.2. The van der Waals surface area contributed by atoms with Crippen molar-refractivity contribution in [2.24, 2.45) is 5.73 Å². The van der Waals surface area contributed by atoms with Gasteiger partial charge >= 0.3 is 17.6 Å². The van der Waals surface area contributed by atoms with Crippen LogP contribution in [0.2, 0.25) is 0 Å². The highest BCUT2D eigenvalue weighted by molar-refractivity contribution is 7.08. The molecule has 3 unspecified atom stereocenters. The number of nitrogens with two attached hydrogens (primary N) is 1. The summed E-state index contributed by atoms with van der Waals surface area (Å²) >= 11 is 9.93. The highest BCUT2D eigenvalue weighted by Gasteiger charge is 2.24. The molecule has 19 nitrogen and oxygen atoms in total. The third-order valence-electron chi connectivity index (χ3n) is 12.6. The summed E-state index contributed by atoms with van der Waals surface area (Å²) in [4.78, 5) is 62.6. The van der Waals surface area contributed by atoms with E-state index in [0.717, 1.165) is 37.2 Å². The number of halogens is 1. The number of nitrogens with one attached hydrogen (secondary N) is 3. The molecule has 0 spiro atoms. The number of carbonyl (C=O) groups is 3. The van der Waals surface area contributed by atoms with Crippen LogP contribution < -0.4 is 36.1 Å². The number of ether oxygens (including phenoxy) is 2. The molecule has 0 bridgehead atoms. The smallest absolute Gasteiger partial charge is 0.412 e. The van der Waals surface area contributed by atoms with Crippen molar-refractivity contribution in [1.29, 1.82) is 0 Å². The van der Waals surface area contributed by atoms with Gasteiger partial charge in [-0.2, -0.15) is 34.0 Å². The molecular weight excluding hydrogens is 1150 g/mol. The molecule has 5 heterocycles. The van der Waals surface area contributed by atoms with Crippen LogP contribution in [0.4, 0.5) is 37.1 Å². The Bertz CT molecular complexity index is 2950. The minimum Gasteiger partial charge on any atom is -0.414 e. The summed E-state index contributed by atoms with van der Waals surface area (Å²) in [6, 6.07) is 34.0. The first-order valence-electron chi connectivity index (χ1n) is 27.5. The van der Waals surface area contributed by atoms with Gasteiger partial charge in [-0.25, -0.2) is 14.4 Å². The molecule has 0 radical (unpaired) electrons. The second-order valence-electron chi connectivity index (χ2n) is 18.7. The maximum atomic E-state index is 12.7. The van der Waals surface area contributed by atoms with E-state index in [9.17, 15) is 34.6 Å². The Morgan fingerprint density at radius 1 is 0.619 bits per heavy atom. The third-order valence-corrected chi connectivity index (χ3v) is 14.8. The summed E-state index contributed by atoms with van der Waals surface area (Å²) in [7, 11) is 12.1. The molecule has 2 aliphatic heterocycles. The van der Waals surface area contributed by atoms with Gasteiger partial charge in [-0.05, 0) is 183 Å². The number of urea groups is 1. The molecule has 0 saturated heterocycles. The fraction of sp³-hybridized carbons (Fsp3) is 0.361. The lowest BCUT2D eigenvalue weighted by Crippen LogP contribution is -2.45. The molecule has 3 amide bonds. The number of fused-ring (bicyclic) bond motifs is 2. The van der Waals surface area contributed by atoms with Gasteiger partial charge in [0, 0.05) is 86.0 Å². The van der Waals surface area contributed by atoms with Crippen molar-refractivity contribution in [2.75, 3.05) is 85.2 Å². The number of anilines is 2. The minimum absolute atomic E-state index is 0.000713. The van der Waals surface area contributed by atoms with Crippen LogP contribution in [0.15, 0.2) is 148 Å². The highest BCUT2D eigenvalue weighted by atomic mass is 35.5. The number of aryl methyl sites for hydroxylation is 2. The fourth-order valence-electron chi connectivity index (χ4n) is 8.36. The van der Waals surface area contributed by atoms with Crippen molar-refractivity contribution in [3.05, 3.63) is 196 Å². The molecule has 3 aromatic heterocycles. The van der Waals surface area contributed by atoms with Crippen molar-refractivity contribution in [3.8, 4) is 11.5 Å². The van der Waals surface area contributed by atoms with E-state index in [2.05, 4.69) is 109 Å². The van der Waals surface area contributed by atoms with E-state index < -0.39 is 21.4 Å². The number of carbonyl (C=O) groups excluding carboxylic acids is 3. The van der Waals surface area contributed by atoms with Gasteiger partial charge in [0.15, 0.2) is 0 Å². The first-order chi connectivity index (χ1) is 40.4. The average Bonchev–Trinajstić information content (AvgIpc) is 4.37. The molecule has 84 heavy (non-hydrogen) atoms. The average molecular weight is 1230 g/mol. The van der Waals surface area contributed by atoms with Gasteiger partial charge < -0.3 is 45.9 Å². The van der Waals surface area contributed by atoms with Gasteiger partial charge in [-0.15, -0.1) is 0 Å². The fourth-order valence-corrected chi connectivity index (χ4v) is 10.6. The molecule has 3 atom stereocenters. The van der Waals surface area contributed by atoms with Gasteiger partial charge in [-0.3, -0.25) is 25.1 Å². The topological polar surface area (TPSA) is 231 Å². The summed E-state index contributed by atoms with van der Waals surface area (Å²) in [5.41, 5.74) is 13.3. The number of thiophene rings is 3. The molecule has 23 heteroatoms. The molecule has 9 rings (SSSR count). The quantitative estimate of drug-likeness (QED) is 0.0425. The van der Waals surface area contributed by atoms with Gasteiger partial charge in [0.25, 0.3) is 11.4 Å². The van der Waals surface area contributed by atoms with Gasteiger partial charge in [0.2, 0.25) is 0 Å². The van der Waals surface area contributed by atoms with Crippen molar-refractivity contribution in [2.45, 2.75) is 71.5 Å². The number of nitrogens with zero attached hydrogens (tertiary/aromatic N) is 6. The second-order valence-corrected chi connectivity index (χ2v) is 21.4. The molecule has 4 aromatic carbocycles. The Hall–Kier alpha value is -7.28. The number of hydrogen-bond acceptors (Lipinski definition) is 17. The number of nitro benzene ring substituents is 2. The SMILES string of the molecule is CC.CC.CN(C)C(CN)c1ccsc1.CN(C)C(CNC(=O)N1CCCc2ccccc21)c1ccsc1.CN(C)C(CNC(=O)Oc1ccc([N+](=O)[O-])cc1)c1ccsc1.O=C(Cl)Oc1ccc([N+](=O)[O-])cc1.c1ccc2c(c1)CCCN2. The normalized spacial score (nSPS) is 12.7. The summed E-state index contributed by atoms with van der Waals surface area (Å²) in [5.74, 6) is 0.427. The molecule has 0 saturated carbocycles. The van der Waals surface area contributed by atoms with E-state index in [-0.39, 0.29) is 41.0 Å². The van der Waals surface area contributed by atoms with Crippen LogP contribution in [-0.4, -0.2) is 117 Å². The number of non-ortho nitro benzene ring substituents is 2. The maximum absolute atomic E-state index is 12.7. The summed E-state index contributed by atoms with van der Waals surface area (Å²) < 4.78 is 9.56. The second kappa shape index (κ2) is 39.3. The van der Waals surface area contributed by atoms with Crippen LogP contribution in [0, 0.1) is 20.2 Å². The molecule has 5 N–H and O–H groups in total. The van der Waals surface area contributed by atoms with Crippen molar-refractivity contribution in [1.82, 2.24) is 25.3 Å². The van der Waals surface area contributed by atoms with E-state index >= 15 is 0 Å². The van der Waals surface area contributed by atoms with Crippen LogP contribution in [0.3, 0.4) is 0 Å². The lowest BCUT2D eigenvalue weighted by molar-refractivity contribution is -0.385. The zero-order valence-corrected chi connectivity index (χ0v) is 52.8. The Labute approximate surface area is 511 Å². The van der Waals surface area contributed by atoms with E-state index in [4.69, 9.17) is 22.1 Å². The Morgan fingerprint density at radius 3 is 1.50 bits per heavy atom. The standard InChI is InChI=1S/C18H23N3OS.C15H17N3O4S.C9H11N.C8H14N2S.C7H4ClNO4.2C2H6/c1-20(2)17(15-9-11-23-13-15)12-19-18(22)21-10-5-7-14-6-3-4-8-16(14)21;1-17(2)14(11-7-8-23-10-11)9-16-15(19)22-13-5-3-12(4-6-13)18(20)21;1-2-6-9-8(4-1)5-3-7-10-9;1-10(2)8(5-9)7-3-4-11-6-7;8-7(10)13-6-3-1-5(2-4-6)9(11)12;2*1-2/h3-4,6,8-9,11,13,17H,5,7,10,12H2,1-2H3,(H,19,22);3-8,10,14H,9H2,1-2H3,(H,16,19);1-2,4,6,10H,3,5,7H2;3-4,6,8H,5,9H2,1-2H3;1-4H;2*1-2H3. The van der Waals surface area contributed by atoms with E-state index in [0.29, 0.717) is 25.7 Å². The van der Waals surface area contributed by atoms with Gasteiger partial charge in [0.1, 0.15) is 11.5 Å². The molecular formula is C61H81ClN10O9S3. The van der Waals surface area contributed by atoms with Crippen molar-refractivity contribution >= 4 is 85.9 Å². The predicted molar refractivity (Wildman–Crippen MR) is 345 cm³/mol. The van der Waals surface area contributed by atoms with Gasteiger partial charge in [-0.1, -0.05) is 64.1 Å². The van der Waals surface area contributed by atoms with Crippen LogP contribution >= 0.6 is 45.6 Å². The molecule has 454 valence electrons. The van der Waals surface area contributed by atoms with E-state index in [1.807, 2.05) is 101 Å². The summed E-state index contributed by atoms with van der Waals surface area (Å²) in [6.07, 6.45) is 3.99.